The van der Waals surface area contributed by atoms with Crippen LogP contribution >= 0.6 is 0 Å². The molecule has 1 saturated heterocycles. The lowest BCUT2D eigenvalue weighted by molar-refractivity contribution is 0.0899. The van der Waals surface area contributed by atoms with E-state index in [4.69, 9.17) is 5.73 Å². The molecule has 25 heavy (non-hydrogen) atoms. The number of likely N-dealkylation sites (tertiary alicyclic amines) is 1. The van der Waals surface area contributed by atoms with Crippen molar-refractivity contribution in [1.29, 1.82) is 0 Å². The summed E-state index contributed by atoms with van der Waals surface area (Å²) >= 11 is 0. The van der Waals surface area contributed by atoms with Gasteiger partial charge in [-0.05, 0) is 41.7 Å². The van der Waals surface area contributed by atoms with E-state index in [9.17, 15) is 4.79 Å². The van der Waals surface area contributed by atoms with Gasteiger partial charge in [0.25, 0.3) is 5.91 Å². The van der Waals surface area contributed by atoms with Crippen molar-refractivity contribution in [2.24, 2.45) is 11.1 Å². The minimum absolute atomic E-state index is 0.0807. The average Bonchev–Trinajstić information content (AvgIpc) is 2.59. The molecule has 0 aromatic heterocycles. The van der Waals surface area contributed by atoms with Crippen molar-refractivity contribution in [2.75, 3.05) is 18.4 Å². The number of nitrogens with two attached hydrogens (primary N) is 1. The molecule has 0 saturated carbocycles. The van der Waals surface area contributed by atoms with E-state index in [-0.39, 0.29) is 17.4 Å². The first kappa shape index (κ1) is 17.6. The Bertz CT molecular complexity index is 710. The van der Waals surface area contributed by atoms with E-state index in [1.165, 1.54) is 5.56 Å². The van der Waals surface area contributed by atoms with E-state index in [0.717, 1.165) is 31.7 Å². The number of para-hydroxylation sites is 1. The maximum absolute atomic E-state index is 12.3. The van der Waals surface area contributed by atoms with Crippen LogP contribution < -0.4 is 11.1 Å². The molecule has 1 heterocycles. The van der Waals surface area contributed by atoms with Crippen molar-refractivity contribution in [3.8, 4) is 0 Å². The predicted molar refractivity (Wildman–Crippen MR) is 102 cm³/mol. The minimum Gasteiger partial charge on any atom is -0.327 e. The zero-order chi connectivity index (χ0) is 17.9. The van der Waals surface area contributed by atoms with Crippen molar-refractivity contribution >= 4 is 11.6 Å². The third-order valence-corrected chi connectivity index (χ3v) is 5.05. The molecule has 4 heteroatoms. The summed E-state index contributed by atoms with van der Waals surface area (Å²) in [6.45, 7) is 7.41. The molecule has 1 aliphatic rings. The highest BCUT2D eigenvalue weighted by Crippen LogP contribution is 2.28. The van der Waals surface area contributed by atoms with Crippen LogP contribution in [0.2, 0.25) is 0 Å². The third-order valence-electron chi connectivity index (χ3n) is 5.05. The van der Waals surface area contributed by atoms with Crippen molar-refractivity contribution in [3.05, 3.63) is 65.7 Å². The lowest BCUT2D eigenvalue weighted by Crippen LogP contribution is -2.52. The number of carbonyl (C=O) groups is 1. The van der Waals surface area contributed by atoms with Crippen molar-refractivity contribution in [2.45, 2.75) is 32.9 Å². The van der Waals surface area contributed by atoms with Crippen molar-refractivity contribution < 1.29 is 4.79 Å². The molecule has 0 bridgehead atoms. The summed E-state index contributed by atoms with van der Waals surface area (Å²) in [6, 6.07) is 17.7. The first-order valence-electron chi connectivity index (χ1n) is 8.87. The molecule has 0 radical (unpaired) electrons. The molecule has 0 aliphatic carbocycles. The molecule has 3 N–H and O–H groups in total. The van der Waals surface area contributed by atoms with E-state index in [2.05, 4.69) is 24.1 Å². The Morgan fingerprint density at radius 1 is 1.16 bits per heavy atom. The maximum atomic E-state index is 12.3. The van der Waals surface area contributed by atoms with Crippen LogP contribution in [0.3, 0.4) is 0 Å². The molecule has 1 atom stereocenters. The number of nitrogens with zero attached hydrogens (tertiary/aromatic N) is 1. The lowest BCUT2D eigenvalue weighted by Gasteiger charge is -2.42. The van der Waals surface area contributed by atoms with Crippen LogP contribution in [-0.4, -0.2) is 29.9 Å². The first-order chi connectivity index (χ1) is 11.9. The number of anilines is 1. The summed E-state index contributed by atoms with van der Waals surface area (Å²) < 4.78 is 0. The van der Waals surface area contributed by atoms with Gasteiger partial charge in [-0.25, -0.2) is 0 Å². The molecule has 3 rings (SSSR count). The van der Waals surface area contributed by atoms with Gasteiger partial charge in [0.2, 0.25) is 0 Å². The van der Waals surface area contributed by atoms with Gasteiger partial charge in [-0.15, -0.1) is 0 Å². The van der Waals surface area contributed by atoms with Gasteiger partial charge in [0, 0.05) is 36.9 Å². The van der Waals surface area contributed by atoms with E-state index in [1.54, 1.807) is 0 Å². The van der Waals surface area contributed by atoms with Gasteiger partial charge in [-0.2, -0.15) is 0 Å². The summed E-state index contributed by atoms with van der Waals surface area (Å²) in [7, 11) is 0. The number of hydrogen-bond donors (Lipinski definition) is 2. The highest BCUT2D eigenvalue weighted by atomic mass is 16.1. The summed E-state index contributed by atoms with van der Waals surface area (Å²) in [6.07, 6.45) is 1.03. The fourth-order valence-electron chi connectivity index (χ4n) is 3.36. The molecular weight excluding hydrogens is 310 g/mol. The number of hydrogen-bond acceptors (Lipinski definition) is 3. The standard InChI is InChI=1S/C21H27N3O/c1-21(2)15-24(13-12-19(21)22)14-16-8-10-17(11-9-16)20(25)23-18-6-4-3-5-7-18/h3-11,19H,12-15,22H2,1-2H3,(H,23,25). The molecule has 132 valence electrons. The van der Waals surface area contributed by atoms with Crippen LogP contribution in [0, 0.1) is 5.41 Å². The van der Waals surface area contributed by atoms with Crippen LogP contribution in [0.25, 0.3) is 0 Å². The predicted octanol–water partition coefficient (Wildman–Crippen LogP) is 3.50. The molecule has 2 aromatic rings. The van der Waals surface area contributed by atoms with Crippen molar-refractivity contribution in [1.82, 2.24) is 4.90 Å². The van der Waals surface area contributed by atoms with Gasteiger partial charge in [0.1, 0.15) is 0 Å². The van der Waals surface area contributed by atoms with Crippen LogP contribution in [0.4, 0.5) is 5.69 Å². The lowest BCUT2D eigenvalue weighted by atomic mass is 9.79. The number of nitrogens with one attached hydrogen (secondary N) is 1. The first-order valence-corrected chi connectivity index (χ1v) is 8.87. The van der Waals surface area contributed by atoms with Gasteiger partial charge in [-0.3, -0.25) is 9.69 Å². The highest BCUT2D eigenvalue weighted by Gasteiger charge is 2.33. The monoisotopic (exact) mass is 337 g/mol. The second-order valence-electron chi connectivity index (χ2n) is 7.61. The van der Waals surface area contributed by atoms with Crippen molar-refractivity contribution in [3.63, 3.8) is 0 Å². The van der Waals surface area contributed by atoms with Crippen LogP contribution in [0.1, 0.15) is 36.2 Å². The molecular formula is C21H27N3O. The molecule has 2 aromatic carbocycles. The molecule has 1 fully saturated rings. The Morgan fingerprint density at radius 2 is 1.84 bits per heavy atom. The summed E-state index contributed by atoms with van der Waals surface area (Å²) in [5.74, 6) is -0.0807. The average molecular weight is 337 g/mol. The molecule has 1 amide bonds. The quantitative estimate of drug-likeness (QED) is 0.898. The number of piperidine rings is 1. The normalized spacial score (nSPS) is 20.2. The number of benzene rings is 2. The molecule has 0 spiro atoms. The van der Waals surface area contributed by atoms with Gasteiger partial charge < -0.3 is 11.1 Å². The minimum atomic E-state index is -0.0807. The molecule has 1 aliphatic heterocycles. The second kappa shape index (κ2) is 7.38. The Hall–Kier alpha value is -2.17. The topological polar surface area (TPSA) is 58.4 Å². The van der Waals surface area contributed by atoms with Gasteiger partial charge in [-0.1, -0.05) is 44.2 Å². The van der Waals surface area contributed by atoms with E-state index in [0.29, 0.717) is 5.56 Å². The SMILES string of the molecule is CC1(C)CN(Cc2ccc(C(=O)Nc3ccccc3)cc2)CCC1N. The van der Waals surface area contributed by atoms with Gasteiger partial charge in [0.05, 0.1) is 0 Å². The maximum Gasteiger partial charge on any atom is 0.255 e. The highest BCUT2D eigenvalue weighted by molar-refractivity contribution is 6.04. The van der Waals surface area contributed by atoms with Gasteiger partial charge >= 0.3 is 0 Å². The summed E-state index contributed by atoms with van der Waals surface area (Å²) in [5, 5.41) is 2.91. The third kappa shape index (κ3) is 4.47. The zero-order valence-corrected chi connectivity index (χ0v) is 15.0. The molecule has 1 unspecified atom stereocenters. The Labute approximate surface area is 150 Å². The van der Waals surface area contributed by atoms with E-state index >= 15 is 0 Å². The Morgan fingerprint density at radius 3 is 2.48 bits per heavy atom. The van der Waals surface area contributed by atoms with E-state index in [1.807, 2.05) is 54.6 Å². The number of carbonyl (C=O) groups excluding carboxylic acids is 1. The number of rotatable bonds is 4. The zero-order valence-electron chi connectivity index (χ0n) is 15.0. The van der Waals surface area contributed by atoms with Gasteiger partial charge in [0.15, 0.2) is 0 Å². The van der Waals surface area contributed by atoms with Crippen LogP contribution in [0.15, 0.2) is 54.6 Å². The fourth-order valence-corrected chi connectivity index (χ4v) is 3.36. The van der Waals surface area contributed by atoms with E-state index < -0.39 is 0 Å². The Kier molecular flexibility index (Phi) is 5.21. The fraction of sp³-hybridized carbons (Fsp3) is 0.381. The Balaban J connectivity index is 1.60. The molecule has 4 nitrogen and oxygen atoms in total. The summed E-state index contributed by atoms with van der Waals surface area (Å²) in [5.41, 5.74) is 9.07. The largest absolute Gasteiger partial charge is 0.327 e. The summed E-state index contributed by atoms with van der Waals surface area (Å²) in [4.78, 5) is 14.7. The van der Waals surface area contributed by atoms with Crippen LogP contribution in [-0.2, 0) is 6.54 Å². The second-order valence-corrected chi connectivity index (χ2v) is 7.61. The smallest absolute Gasteiger partial charge is 0.255 e. The number of amides is 1. The van der Waals surface area contributed by atoms with Crippen LogP contribution in [0.5, 0.6) is 0 Å².